The minimum atomic E-state index is 0.151. The van der Waals surface area contributed by atoms with Crippen LogP contribution in [0, 0.1) is 0 Å². The molecule has 1 aliphatic heterocycles. The Morgan fingerprint density at radius 3 is 3.00 bits per heavy atom. The van der Waals surface area contributed by atoms with Crippen molar-refractivity contribution in [3.8, 4) is 0 Å². The van der Waals surface area contributed by atoms with Gasteiger partial charge < -0.3 is 26.1 Å². The highest BCUT2D eigenvalue weighted by molar-refractivity contribution is 5.51. The van der Waals surface area contributed by atoms with Crippen LogP contribution in [0.5, 0.6) is 0 Å². The van der Waals surface area contributed by atoms with E-state index in [1.54, 1.807) is 6.07 Å². The lowest BCUT2D eigenvalue weighted by Crippen LogP contribution is -2.46. The summed E-state index contributed by atoms with van der Waals surface area (Å²) in [5.41, 5.74) is 13.6. The first kappa shape index (κ1) is 13.8. The molecule has 23 heavy (non-hydrogen) atoms. The summed E-state index contributed by atoms with van der Waals surface area (Å²) in [7, 11) is 0. The quantitative estimate of drug-likeness (QED) is 0.630. The highest BCUT2D eigenvalue weighted by atomic mass is 15.3. The van der Waals surface area contributed by atoms with Crippen molar-refractivity contribution in [3.63, 3.8) is 0 Å². The number of hydrogen-bond donors (Lipinski definition) is 3. The van der Waals surface area contributed by atoms with Crippen LogP contribution in [0.3, 0.4) is 0 Å². The molecule has 0 radical (unpaired) electrons. The molecule has 0 spiro atoms. The molecule has 3 aromatic heterocycles. The highest BCUT2D eigenvalue weighted by Gasteiger charge is 2.24. The van der Waals surface area contributed by atoms with E-state index in [4.69, 9.17) is 11.5 Å². The summed E-state index contributed by atoms with van der Waals surface area (Å²) in [5, 5.41) is 3.53. The van der Waals surface area contributed by atoms with Gasteiger partial charge in [0.2, 0.25) is 5.95 Å². The number of anilines is 3. The van der Waals surface area contributed by atoms with Crippen LogP contribution >= 0.6 is 0 Å². The van der Waals surface area contributed by atoms with Gasteiger partial charge in [0.05, 0.1) is 17.9 Å². The van der Waals surface area contributed by atoms with Crippen LogP contribution in [-0.2, 0) is 0 Å². The summed E-state index contributed by atoms with van der Waals surface area (Å²) < 4.78 is 2.10. The normalized spacial score (nSPS) is 18.4. The molecule has 0 unspecified atom stereocenters. The van der Waals surface area contributed by atoms with E-state index in [0.29, 0.717) is 5.82 Å². The molecule has 1 atom stereocenters. The van der Waals surface area contributed by atoms with Crippen molar-refractivity contribution in [3.05, 3.63) is 42.4 Å². The zero-order chi connectivity index (χ0) is 15.8. The molecule has 4 heterocycles. The maximum Gasteiger partial charge on any atom is 0.223 e. The standard InChI is InChI=1S/C15H18N8/c16-12-7-14(21-15(17)20-12)22-6-4-18-10(9-22)11-8-19-13-3-1-2-5-23(11)13/h1-3,5,7-8,10,18H,4,6,9H2,(H4,16,17,20,21)/t10-/m1/s1. The molecule has 1 saturated heterocycles. The van der Waals surface area contributed by atoms with Crippen molar-refractivity contribution in [1.82, 2.24) is 24.7 Å². The highest BCUT2D eigenvalue weighted by Crippen LogP contribution is 2.23. The second kappa shape index (κ2) is 5.40. The van der Waals surface area contributed by atoms with Crippen LogP contribution in [0.1, 0.15) is 11.7 Å². The molecule has 3 aromatic rings. The van der Waals surface area contributed by atoms with Gasteiger partial charge in [-0.25, -0.2) is 4.98 Å². The second-order valence-electron chi connectivity index (χ2n) is 5.57. The number of imidazole rings is 1. The molecule has 8 heteroatoms. The number of fused-ring (bicyclic) bond motifs is 1. The van der Waals surface area contributed by atoms with E-state index in [1.165, 1.54) is 0 Å². The van der Waals surface area contributed by atoms with E-state index in [-0.39, 0.29) is 12.0 Å². The molecule has 5 N–H and O–H groups in total. The summed E-state index contributed by atoms with van der Waals surface area (Å²) in [6.07, 6.45) is 3.94. The van der Waals surface area contributed by atoms with E-state index in [0.717, 1.165) is 36.8 Å². The van der Waals surface area contributed by atoms with Gasteiger partial charge in [0.25, 0.3) is 0 Å². The first-order chi connectivity index (χ1) is 11.2. The van der Waals surface area contributed by atoms with Gasteiger partial charge in [-0.2, -0.15) is 9.97 Å². The Bertz CT molecular complexity index is 822. The number of piperazine rings is 1. The van der Waals surface area contributed by atoms with Gasteiger partial charge in [0.15, 0.2) is 0 Å². The molecule has 1 aliphatic rings. The summed E-state index contributed by atoms with van der Waals surface area (Å²) in [4.78, 5) is 14.8. The van der Waals surface area contributed by atoms with E-state index in [9.17, 15) is 0 Å². The minimum Gasteiger partial charge on any atom is -0.383 e. The predicted molar refractivity (Wildman–Crippen MR) is 89.0 cm³/mol. The molecule has 0 bridgehead atoms. The number of hydrogen-bond acceptors (Lipinski definition) is 7. The molecule has 1 fully saturated rings. The summed E-state index contributed by atoms with van der Waals surface area (Å²) in [5.74, 6) is 1.34. The Labute approximate surface area is 133 Å². The first-order valence-electron chi connectivity index (χ1n) is 7.51. The molecular formula is C15H18N8. The molecule has 8 nitrogen and oxygen atoms in total. The second-order valence-corrected chi connectivity index (χ2v) is 5.57. The summed E-state index contributed by atoms with van der Waals surface area (Å²) >= 11 is 0. The Balaban J connectivity index is 1.64. The van der Waals surface area contributed by atoms with Gasteiger partial charge in [0, 0.05) is 31.9 Å². The van der Waals surface area contributed by atoms with Crippen molar-refractivity contribution in [2.24, 2.45) is 0 Å². The molecule has 0 aliphatic carbocycles. The van der Waals surface area contributed by atoms with Gasteiger partial charge in [-0.3, -0.25) is 0 Å². The number of nitrogens with zero attached hydrogens (tertiary/aromatic N) is 5. The number of nitrogen functional groups attached to an aromatic ring is 2. The average Bonchev–Trinajstić information content (AvgIpc) is 2.98. The van der Waals surface area contributed by atoms with Crippen LogP contribution in [0.2, 0.25) is 0 Å². The van der Waals surface area contributed by atoms with E-state index in [2.05, 4.69) is 29.6 Å². The Morgan fingerprint density at radius 1 is 1.22 bits per heavy atom. The topological polar surface area (TPSA) is 110 Å². The number of nitrogens with one attached hydrogen (secondary N) is 1. The number of nitrogens with two attached hydrogens (primary N) is 2. The number of pyridine rings is 1. The molecule has 0 aromatic carbocycles. The molecule has 0 amide bonds. The smallest absolute Gasteiger partial charge is 0.223 e. The van der Waals surface area contributed by atoms with Crippen LogP contribution < -0.4 is 21.7 Å². The fourth-order valence-corrected chi connectivity index (χ4v) is 3.00. The lowest BCUT2D eigenvalue weighted by atomic mass is 10.1. The third kappa shape index (κ3) is 2.53. The Morgan fingerprint density at radius 2 is 2.13 bits per heavy atom. The van der Waals surface area contributed by atoms with E-state index in [1.807, 2.05) is 30.6 Å². The SMILES string of the molecule is Nc1cc(N2CCN[C@@H](c3cnc4ccccn34)C2)nc(N)n1. The fraction of sp³-hybridized carbons (Fsp3) is 0.267. The Kier molecular flexibility index (Phi) is 3.23. The first-order valence-corrected chi connectivity index (χ1v) is 7.51. The number of aromatic nitrogens is 4. The van der Waals surface area contributed by atoms with Crippen LogP contribution in [0.15, 0.2) is 36.7 Å². The molecule has 118 valence electrons. The van der Waals surface area contributed by atoms with Gasteiger partial charge >= 0.3 is 0 Å². The van der Waals surface area contributed by atoms with Crippen LogP contribution in [0.25, 0.3) is 5.65 Å². The lowest BCUT2D eigenvalue weighted by Gasteiger charge is -2.34. The third-order valence-electron chi connectivity index (χ3n) is 4.05. The van der Waals surface area contributed by atoms with Crippen molar-refractivity contribution in [1.29, 1.82) is 0 Å². The van der Waals surface area contributed by atoms with Gasteiger partial charge in [-0.05, 0) is 12.1 Å². The van der Waals surface area contributed by atoms with E-state index < -0.39 is 0 Å². The largest absolute Gasteiger partial charge is 0.383 e. The van der Waals surface area contributed by atoms with Gasteiger partial charge in [0.1, 0.15) is 17.3 Å². The predicted octanol–water partition coefficient (Wildman–Crippen LogP) is 0.440. The summed E-state index contributed by atoms with van der Waals surface area (Å²) in [6, 6.07) is 7.89. The van der Waals surface area contributed by atoms with Crippen molar-refractivity contribution >= 4 is 23.2 Å². The maximum atomic E-state index is 5.78. The fourth-order valence-electron chi connectivity index (χ4n) is 3.00. The van der Waals surface area contributed by atoms with Crippen LogP contribution in [-0.4, -0.2) is 39.0 Å². The van der Waals surface area contributed by atoms with Crippen LogP contribution in [0.4, 0.5) is 17.6 Å². The zero-order valence-corrected chi connectivity index (χ0v) is 12.6. The summed E-state index contributed by atoms with van der Waals surface area (Å²) in [6.45, 7) is 2.44. The zero-order valence-electron chi connectivity index (χ0n) is 12.6. The molecule has 4 rings (SSSR count). The van der Waals surface area contributed by atoms with E-state index >= 15 is 0 Å². The lowest BCUT2D eigenvalue weighted by molar-refractivity contribution is 0.459. The van der Waals surface area contributed by atoms with Gasteiger partial charge in [-0.1, -0.05) is 6.07 Å². The van der Waals surface area contributed by atoms with Gasteiger partial charge in [-0.15, -0.1) is 0 Å². The Hall–Kier alpha value is -2.87. The maximum absolute atomic E-state index is 5.78. The molecular weight excluding hydrogens is 292 g/mol. The number of rotatable bonds is 2. The third-order valence-corrected chi connectivity index (χ3v) is 4.05. The minimum absolute atomic E-state index is 0.151. The average molecular weight is 310 g/mol. The molecule has 0 saturated carbocycles. The van der Waals surface area contributed by atoms with Crippen molar-refractivity contribution < 1.29 is 0 Å². The monoisotopic (exact) mass is 310 g/mol. The van der Waals surface area contributed by atoms with Crippen molar-refractivity contribution in [2.45, 2.75) is 6.04 Å². The van der Waals surface area contributed by atoms with Crippen molar-refractivity contribution in [2.75, 3.05) is 36.0 Å².